The number of nitrogens with zero attached hydrogens (tertiary/aromatic N) is 2. The van der Waals surface area contributed by atoms with Crippen LogP contribution in [0.3, 0.4) is 0 Å². The van der Waals surface area contributed by atoms with E-state index in [1.807, 2.05) is 65.6 Å². The fourth-order valence-electron chi connectivity index (χ4n) is 3.18. The molecule has 0 saturated carbocycles. The van der Waals surface area contributed by atoms with Gasteiger partial charge >= 0.3 is 0 Å². The quantitative estimate of drug-likeness (QED) is 0.867. The number of β-amino-alcohol motifs (C(OH)–C–C–N with tert-alkyl or cyclic N) is 1. The van der Waals surface area contributed by atoms with Gasteiger partial charge in [-0.25, -0.2) is 0 Å². The van der Waals surface area contributed by atoms with E-state index >= 15 is 0 Å². The van der Waals surface area contributed by atoms with E-state index in [4.69, 9.17) is 5.73 Å². The van der Waals surface area contributed by atoms with Crippen molar-refractivity contribution in [2.45, 2.75) is 12.1 Å². The summed E-state index contributed by atoms with van der Waals surface area (Å²) >= 11 is 0. The van der Waals surface area contributed by atoms with Crippen molar-refractivity contribution < 1.29 is 9.90 Å². The van der Waals surface area contributed by atoms with Crippen LogP contribution in [0, 0.1) is 0 Å². The van der Waals surface area contributed by atoms with Crippen molar-refractivity contribution in [2.24, 2.45) is 5.73 Å². The Morgan fingerprint density at radius 1 is 0.920 bits per heavy atom. The predicted octanol–water partition coefficient (Wildman–Crippen LogP) is 1.56. The minimum atomic E-state index is -0.609. The monoisotopic (exact) mass is 339 g/mol. The summed E-state index contributed by atoms with van der Waals surface area (Å²) < 4.78 is 0. The van der Waals surface area contributed by atoms with Crippen LogP contribution >= 0.6 is 0 Å². The molecule has 5 nitrogen and oxygen atoms in total. The molecule has 132 valence electrons. The molecule has 2 unspecified atom stereocenters. The van der Waals surface area contributed by atoms with Crippen LogP contribution in [-0.4, -0.2) is 53.5 Å². The Kier molecular flexibility index (Phi) is 5.81. The number of piperazine rings is 1. The number of aliphatic hydroxyl groups excluding tert-OH is 1. The molecule has 0 spiro atoms. The second-order valence-electron chi connectivity index (χ2n) is 6.44. The highest BCUT2D eigenvalue weighted by molar-refractivity contribution is 5.83. The van der Waals surface area contributed by atoms with Gasteiger partial charge in [-0.05, 0) is 11.1 Å². The van der Waals surface area contributed by atoms with Gasteiger partial charge in [0.1, 0.15) is 6.04 Å². The summed E-state index contributed by atoms with van der Waals surface area (Å²) in [6.07, 6.45) is -0.505. The lowest BCUT2D eigenvalue weighted by Crippen LogP contribution is -2.51. The van der Waals surface area contributed by atoms with E-state index in [9.17, 15) is 9.90 Å². The molecule has 0 radical (unpaired) electrons. The summed E-state index contributed by atoms with van der Waals surface area (Å²) in [5, 5.41) is 10.3. The Morgan fingerprint density at radius 2 is 1.44 bits per heavy atom. The molecular weight excluding hydrogens is 314 g/mol. The van der Waals surface area contributed by atoms with Gasteiger partial charge in [0.2, 0.25) is 5.91 Å². The molecule has 0 bridgehead atoms. The summed E-state index contributed by atoms with van der Waals surface area (Å²) in [6, 6.07) is 18.5. The summed E-state index contributed by atoms with van der Waals surface area (Å²) in [5.41, 5.74) is 7.88. The smallest absolute Gasteiger partial charge is 0.244 e. The molecule has 0 aromatic heterocycles. The van der Waals surface area contributed by atoms with Crippen LogP contribution in [0.1, 0.15) is 23.3 Å². The molecule has 2 aromatic carbocycles. The largest absolute Gasteiger partial charge is 0.387 e. The van der Waals surface area contributed by atoms with Crippen molar-refractivity contribution in [2.75, 3.05) is 32.7 Å². The third-order valence-electron chi connectivity index (χ3n) is 4.72. The van der Waals surface area contributed by atoms with Crippen LogP contribution < -0.4 is 5.73 Å². The van der Waals surface area contributed by atoms with Crippen LogP contribution in [0.5, 0.6) is 0 Å². The van der Waals surface area contributed by atoms with Crippen molar-refractivity contribution >= 4 is 5.91 Å². The molecule has 2 aromatic rings. The standard InChI is InChI=1S/C20H25N3O2/c21-19(17-9-5-2-6-10-17)20(25)23-13-11-22(12-14-23)15-18(24)16-7-3-1-4-8-16/h1-10,18-19,24H,11-15,21H2. The zero-order valence-corrected chi connectivity index (χ0v) is 14.3. The summed E-state index contributed by atoms with van der Waals surface area (Å²) in [6.45, 7) is 3.35. The topological polar surface area (TPSA) is 69.8 Å². The van der Waals surface area contributed by atoms with Crippen LogP contribution in [0.15, 0.2) is 60.7 Å². The lowest BCUT2D eigenvalue weighted by molar-refractivity contribution is -0.134. The highest BCUT2D eigenvalue weighted by Gasteiger charge is 2.26. The Bertz CT molecular complexity index is 670. The van der Waals surface area contributed by atoms with Gasteiger partial charge in [0, 0.05) is 32.7 Å². The molecule has 0 aliphatic carbocycles. The van der Waals surface area contributed by atoms with Gasteiger partial charge in [0.25, 0.3) is 0 Å². The van der Waals surface area contributed by atoms with Gasteiger partial charge in [0.05, 0.1) is 6.10 Å². The van der Waals surface area contributed by atoms with Crippen molar-refractivity contribution in [3.8, 4) is 0 Å². The lowest BCUT2D eigenvalue weighted by atomic mass is 10.1. The van der Waals surface area contributed by atoms with E-state index in [-0.39, 0.29) is 5.91 Å². The average molecular weight is 339 g/mol. The van der Waals surface area contributed by atoms with Crippen molar-refractivity contribution in [1.29, 1.82) is 0 Å². The molecule has 1 aliphatic rings. The maximum Gasteiger partial charge on any atom is 0.244 e. The first kappa shape index (κ1) is 17.6. The number of hydrogen-bond acceptors (Lipinski definition) is 4. The highest BCUT2D eigenvalue weighted by Crippen LogP contribution is 2.17. The molecular formula is C20H25N3O2. The SMILES string of the molecule is NC(C(=O)N1CCN(CC(O)c2ccccc2)CC1)c1ccccc1. The number of rotatable bonds is 5. The second-order valence-corrected chi connectivity index (χ2v) is 6.44. The van der Waals surface area contributed by atoms with Gasteiger partial charge in [-0.2, -0.15) is 0 Å². The fourth-order valence-corrected chi connectivity index (χ4v) is 3.18. The van der Waals surface area contributed by atoms with E-state index in [0.29, 0.717) is 19.6 Å². The highest BCUT2D eigenvalue weighted by atomic mass is 16.3. The third kappa shape index (κ3) is 4.45. The van der Waals surface area contributed by atoms with Gasteiger partial charge < -0.3 is 15.7 Å². The van der Waals surface area contributed by atoms with Crippen LogP contribution in [0.4, 0.5) is 0 Å². The molecule has 1 fully saturated rings. The number of benzene rings is 2. The molecule has 5 heteroatoms. The van der Waals surface area contributed by atoms with Gasteiger partial charge in [-0.1, -0.05) is 60.7 Å². The number of aliphatic hydroxyl groups is 1. The Labute approximate surface area is 148 Å². The van der Waals surface area contributed by atoms with Crippen LogP contribution in [0.2, 0.25) is 0 Å². The number of carbonyl (C=O) groups excluding carboxylic acids is 1. The zero-order chi connectivity index (χ0) is 17.6. The molecule has 25 heavy (non-hydrogen) atoms. The van der Waals surface area contributed by atoms with E-state index in [0.717, 1.165) is 24.2 Å². The van der Waals surface area contributed by atoms with Crippen molar-refractivity contribution in [1.82, 2.24) is 9.80 Å². The fraction of sp³-hybridized carbons (Fsp3) is 0.350. The van der Waals surface area contributed by atoms with Gasteiger partial charge in [0.15, 0.2) is 0 Å². The third-order valence-corrected chi connectivity index (χ3v) is 4.72. The molecule has 1 amide bonds. The first-order chi connectivity index (χ1) is 12.1. The lowest BCUT2D eigenvalue weighted by Gasteiger charge is -2.36. The Balaban J connectivity index is 1.51. The molecule has 2 atom stereocenters. The molecule has 1 aliphatic heterocycles. The van der Waals surface area contributed by atoms with E-state index in [1.54, 1.807) is 0 Å². The molecule has 1 heterocycles. The summed E-state index contributed by atoms with van der Waals surface area (Å²) in [4.78, 5) is 16.6. The minimum Gasteiger partial charge on any atom is -0.387 e. The number of hydrogen-bond donors (Lipinski definition) is 2. The minimum absolute atomic E-state index is 0.0329. The average Bonchev–Trinajstić information content (AvgIpc) is 2.69. The maximum atomic E-state index is 12.6. The Hall–Kier alpha value is -2.21. The van der Waals surface area contributed by atoms with E-state index in [1.165, 1.54) is 0 Å². The molecule has 3 N–H and O–H groups in total. The van der Waals surface area contributed by atoms with E-state index in [2.05, 4.69) is 4.90 Å². The van der Waals surface area contributed by atoms with Crippen molar-refractivity contribution in [3.05, 3.63) is 71.8 Å². The van der Waals surface area contributed by atoms with Crippen molar-refractivity contribution in [3.63, 3.8) is 0 Å². The molecule has 3 rings (SSSR count). The van der Waals surface area contributed by atoms with E-state index < -0.39 is 12.1 Å². The van der Waals surface area contributed by atoms with Crippen LogP contribution in [-0.2, 0) is 4.79 Å². The zero-order valence-electron chi connectivity index (χ0n) is 14.3. The maximum absolute atomic E-state index is 12.6. The van der Waals surface area contributed by atoms with Crippen LogP contribution in [0.25, 0.3) is 0 Å². The first-order valence-electron chi connectivity index (χ1n) is 8.70. The number of nitrogens with two attached hydrogens (primary N) is 1. The predicted molar refractivity (Wildman–Crippen MR) is 97.8 cm³/mol. The molecule has 1 saturated heterocycles. The summed E-state index contributed by atoms with van der Waals surface area (Å²) in [5.74, 6) is -0.0329. The normalized spacial score (nSPS) is 17.9. The summed E-state index contributed by atoms with van der Waals surface area (Å²) in [7, 11) is 0. The van der Waals surface area contributed by atoms with Gasteiger partial charge in [-0.15, -0.1) is 0 Å². The van der Waals surface area contributed by atoms with Gasteiger partial charge in [-0.3, -0.25) is 9.69 Å². The number of amides is 1. The Morgan fingerprint density at radius 3 is 2.00 bits per heavy atom. The second kappa shape index (κ2) is 8.25. The first-order valence-corrected chi connectivity index (χ1v) is 8.70. The number of carbonyl (C=O) groups is 1.